The molecule has 4 nitrogen and oxygen atoms in total. The normalized spacial score (nSPS) is 15.8. The molecule has 1 aliphatic carbocycles. The van der Waals surface area contributed by atoms with E-state index < -0.39 is 11.8 Å². The summed E-state index contributed by atoms with van der Waals surface area (Å²) in [5.74, 6) is -1.65. The first kappa shape index (κ1) is 12.4. The summed E-state index contributed by atoms with van der Waals surface area (Å²) in [6, 6.07) is 5.47. The molecule has 0 heterocycles. The minimum Gasteiger partial charge on any atom is -0.493 e. The van der Waals surface area contributed by atoms with E-state index in [0.717, 1.165) is 25.0 Å². The molecule has 1 aliphatic rings. The first-order valence-corrected chi connectivity index (χ1v) is 5.58. The molecule has 5 heteroatoms. The summed E-state index contributed by atoms with van der Waals surface area (Å²) in [5, 5.41) is 17.4. The summed E-state index contributed by atoms with van der Waals surface area (Å²) in [5.41, 5.74) is -0.264. The Morgan fingerprint density at radius 3 is 2.78 bits per heavy atom. The summed E-state index contributed by atoms with van der Waals surface area (Å²) >= 11 is 0. The minimum atomic E-state index is -1.20. The number of hydrogen-bond acceptors (Lipinski definition) is 3. The number of aromatic carboxylic acids is 1. The third-order valence-electron chi connectivity index (χ3n) is 3.07. The minimum absolute atomic E-state index is 0.121. The molecule has 2 rings (SSSR count). The number of ether oxygens (including phenoxy) is 1. The van der Waals surface area contributed by atoms with Crippen LogP contribution in [0.5, 0.6) is 5.75 Å². The Morgan fingerprint density at radius 2 is 2.22 bits per heavy atom. The molecule has 0 aliphatic heterocycles. The summed E-state index contributed by atoms with van der Waals surface area (Å²) in [7, 11) is 0. The number of carboxylic acid groups (broad SMARTS) is 1. The number of rotatable bonds is 5. The third kappa shape index (κ3) is 2.77. The van der Waals surface area contributed by atoms with Crippen molar-refractivity contribution in [2.45, 2.75) is 19.3 Å². The molecule has 0 bridgehead atoms. The summed E-state index contributed by atoms with van der Waals surface area (Å²) in [4.78, 5) is 10.8. The number of carboxylic acids is 1. The number of benzene rings is 1. The highest BCUT2D eigenvalue weighted by Crippen LogP contribution is 2.48. The van der Waals surface area contributed by atoms with Crippen molar-refractivity contribution in [1.29, 1.82) is 5.26 Å². The largest absolute Gasteiger partial charge is 0.493 e. The summed E-state index contributed by atoms with van der Waals surface area (Å²) in [6.45, 7) is 0.322. The lowest BCUT2D eigenvalue weighted by Gasteiger charge is -2.13. The van der Waals surface area contributed by atoms with Crippen molar-refractivity contribution in [3.8, 4) is 11.8 Å². The standard InChI is InChI=1S/C13H12FNO3/c14-10-5-9(12(16)17)6-11(7-10)18-8-13(1-2-13)3-4-15/h5-7H,1-3,8H2,(H,16,17). The van der Waals surface area contributed by atoms with E-state index in [-0.39, 0.29) is 16.7 Å². The van der Waals surface area contributed by atoms with Crippen molar-refractivity contribution in [1.82, 2.24) is 0 Å². The number of halogens is 1. The lowest BCUT2D eigenvalue weighted by atomic mass is 10.1. The van der Waals surface area contributed by atoms with Gasteiger partial charge >= 0.3 is 5.97 Å². The zero-order valence-electron chi connectivity index (χ0n) is 9.65. The highest BCUT2D eigenvalue weighted by Gasteiger charge is 2.43. The topological polar surface area (TPSA) is 70.3 Å². The molecule has 0 amide bonds. The predicted molar refractivity (Wildman–Crippen MR) is 60.8 cm³/mol. The quantitative estimate of drug-likeness (QED) is 0.870. The number of carbonyl (C=O) groups is 1. The van der Waals surface area contributed by atoms with E-state index in [1.807, 2.05) is 0 Å². The molecular weight excluding hydrogens is 237 g/mol. The third-order valence-corrected chi connectivity index (χ3v) is 3.07. The lowest BCUT2D eigenvalue weighted by molar-refractivity contribution is 0.0695. The van der Waals surface area contributed by atoms with Gasteiger partial charge in [-0.15, -0.1) is 0 Å². The second-order valence-corrected chi connectivity index (χ2v) is 4.60. The van der Waals surface area contributed by atoms with E-state index in [1.54, 1.807) is 0 Å². The van der Waals surface area contributed by atoms with Crippen LogP contribution in [0.1, 0.15) is 29.6 Å². The van der Waals surface area contributed by atoms with Gasteiger partial charge in [0, 0.05) is 17.9 Å². The molecule has 18 heavy (non-hydrogen) atoms. The Morgan fingerprint density at radius 1 is 1.50 bits per heavy atom. The first-order valence-electron chi connectivity index (χ1n) is 5.58. The Hall–Kier alpha value is -2.09. The van der Waals surface area contributed by atoms with Crippen molar-refractivity contribution in [2.75, 3.05) is 6.61 Å². The monoisotopic (exact) mass is 249 g/mol. The molecule has 1 saturated carbocycles. The van der Waals surface area contributed by atoms with Crippen LogP contribution in [0.4, 0.5) is 4.39 Å². The lowest BCUT2D eigenvalue weighted by Crippen LogP contribution is -2.12. The van der Waals surface area contributed by atoms with Crippen LogP contribution in [-0.4, -0.2) is 17.7 Å². The van der Waals surface area contributed by atoms with Crippen LogP contribution >= 0.6 is 0 Å². The highest BCUT2D eigenvalue weighted by atomic mass is 19.1. The van der Waals surface area contributed by atoms with Crippen LogP contribution in [0, 0.1) is 22.6 Å². The molecule has 1 fully saturated rings. The average molecular weight is 249 g/mol. The van der Waals surface area contributed by atoms with Gasteiger partial charge in [0.15, 0.2) is 0 Å². The zero-order valence-corrected chi connectivity index (χ0v) is 9.65. The SMILES string of the molecule is N#CCC1(COc2cc(F)cc(C(=O)O)c2)CC1. The van der Waals surface area contributed by atoms with Crippen LogP contribution < -0.4 is 4.74 Å². The van der Waals surface area contributed by atoms with Crippen LogP contribution in [0.3, 0.4) is 0 Å². The van der Waals surface area contributed by atoms with Gasteiger partial charge in [0.05, 0.1) is 18.2 Å². The van der Waals surface area contributed by atoms with Crippen molar-refractivity contribution >= 4 is 5.97 Å². The molecule has 0 radical (unpaired) electrons. The van der Waals surface area contributed by atoms with Gasteiger partial charge in [0.1, 0.15) is 11.6 Å². The van der Waals surface area contributed by atoms with Crippen molar-refractivity contribution < 1.29 is 19.0 Å². The first-order chi connectivity index (χ1) is 8.54. The van der Waals surface area contributed by atoms with Gasteiger partial charge in [-0.2, -0.15) is 5.26 Å². The molecular formula is C13H12FNO3. The van der Waals surface area contributed by atoms with Crippen molar-refractivity contribution in [2.24, 2.45) is 5.41 Å². The van der Waals surface area contributed by atoms with Gasteiger partial charge in [-0.1, -0.05) is 0 Å². The van der Waals surface area contributed by atoms with E-state index in [4.69, 9.17) is 15.1 Å². The van der Waals surface area contributed by atoms with Gasteiger partial charge in [-0.3, -0.25) is 0 Å². The van der Waals surface area contributed by atoms with Crippen LogP contribution in [0.25, 0.3) is 0 Å². The van der Waals surface area contributed by atoms with E-state index >= 15 is 0 Å². The van der Waals surface area contributed by atoms with Crippen molar-refractivity contribution in [3.63, 3.8) is 0 Å². The fraction of sp³-hybridized carbons (Fsp3) is 0.385. The van der Waals surface area contributed by atoms with Gasteiger partial charge in [-0.05, 0) is 25.0 Å². The number of nitrogens with zero attached hydrogens (tertiary/aromatic N) is 1. The molecule has 0 spiro atoms. The second-order valence-electron chi connectivity index (χ2n) is 4.60. The van der Waals surface area contributed by atoms with E-state index in [0.29, 0.717) is 13.0 Å². The molecule has 1 N–H and O–H groups in total. The summed E-state index contributed by atoms with van der Waals surface area (Å²) in [6.07, 6.45) is 2.25. The molecule has 94 valence electrons. The highest BCUT2D eigenvalue weighted by molar-refractivity contribution is 5.88. The molecule has 0 aromatic heterocycles. The maximum atomic E-state index is 13.2. The molecule has 0 unspecified atom stereocenters. The maximum absolute atomic E-state index is 13.2. The Labute approximate surface area is 104 Å². The van der Waals surface area contributed by atoms with E-state index in [9.17, 15) is 9.18 Å². The maximum Gasteiger partial charge on any atom is 0.335 e. The average Bonchev–Trinajstić information content (AvgIpc) is 3.07. The number of hydrogen-bond donors (Lipinski definition) is 1. The predicted octanol–water partition coefficient (Wildman–Crippen LogP) is 2.60. The second kappa shape index (κ2) is 4.65. The van der Waals surface area contributed by atoms with E-state index in [1.165, 1.54) is 6.07 Å². The van der Waals surface area contributed by atoms with E-state index in [2.05, 4.69) is 6.07 Å². The Kier molecular flexibility index (Phi) is 3.19. The van der Waals surface area contributed by atoms with Crippen molar-refractivity contribution in [3.05, 3.63) is 29.6 Å². The van der Waals surface area contributed by atoms with Gasteiger partial charge in [0.25, 0.3) is 0 Å². The Balaban J connectivity index is 2.06. The Bertz CT molecular complexity index is 517. The molecule has 0 saturated heterocycles. The number of nitriles is 1. The molecule has 1 aromatic rings. The van der Waals surface area contributed by atoms with Crippen LogP contribution in [-0.2, 0) is 0 Å². The van der Waals surface area contributed by atoms with Crippen LogP contribution in [0.15, 0.2) is 18.2 Å². The molecule has 0 atom stereocenters. The smallest absolute Gasteiger partial charge is 0.335 e. The molecule has 1 aromatic carbocycles. The van der Waals surface area contributed by atoms with Gasteiger partial charge < -0.3 is 9.84 Å². The zero-order chi connectivity index (χ0) is 13.2. The fourth-order valence-corrected chi connectivity index (χ4v) is 1.72. The van der Waals surface area contributed by atoms with Gasteiger partial charge in [-0.25, -0.2) is 9.18 Å². The van der Waals surface area contributed by atoms with Crippen LogP contribution in [0.2, 0.25) is 0 Å². The fourth-order valence-electron chi connectivity index (χ4n) is 1.72. The van der Waals surface area contributed by atoms with Gasteiger partial charge in [0.2, 0.25) is 0 Å². The summed E-state index contributed by atoms with van der Waals surface area (Å²) < 4.78 is 18.6.